The zero-order valence-electron chi connectivity index (χ0n) is 16.8. The minimum absolute atomic E-state index is 0. The van der Waals surface area contributed by atoms with E-state index in [4.69, 9.17) is 9.97 Å². The Morgan fingerprint density at radius 3 is 2.79 bits per heavy atom. The number of nitrogens with one attached hydrogen (secondary N) is 1. The topological polar surface area (TPSA) is 58.9 Å². The van der Waals surface area contributed by atoms with E-state index in [9.17, 15) is 0 Å². The molecule has 1 saturated heterocycles. The fourth-order valence-corrected chi connectivity index (χ4v) is 5.06. The van der Waals surface area contributed by atoms with Gasteiger partial charge >= 0.3 is 0 Å². The summed E-state index contributed by atoms with van der Waals surface area (Å²) in [5, 5.41) is 10.2. The van der Waals surface area contributed by atoms with Crippen molar-refractivity contribution in [2.24, 2.45) is 7.05 Å². The van der Waals surface area contributed by atoms with Gasteiger partial charge in [-0.25, -0.2) is 4.98 Å². The largest absolute Gasteiger partial charge is 0.348 e. The summed E-state index contributed by atoms with van der Waals surface area (Å²) in [4.78, 5) is 11.9. The molecular weight excluding hydrogens is 404 g/mol. The molecule has 4 aromatic rings. The minimum Gasteiger partial charge on any atom is -0.348 e. The summed E-state index contributed by atoms with van der Waals surface area (Å²) in [6, 6.07) is 7.08. The van der Waals surface area contributed by atoms with Crippen molar-refractivity contribution in [3.05, 3.63) is 36.2 Å². The second-order valence-electron chi connectivity index (χ2n) is 7.66. The van der Waals surface area contributed by atoms with Crippen molar-refractivity contribution in [3.8, 4) is 11.3 Å². The molecule has 1 N–H and O–H groups in total. The molecular formula is C21H25ClN6S. The van der Waals surface area contributed by atoms with Crippen LogP contribution < -0.4 is 10.2 Å². The maximum atomic E-state index is 4.84. The Labute approximate surface area is 180 Å². The highest BCUT2D eigenvalue weighted by Gasteiger charge is 2.21. The number of fused-ring (bicyclic) bond motifs is 2. The molecule has 152 valence electrons. The third-order valence-corrected chi connectivity index (χ3v) is 6.74. The first-order valence-electron chi connectivity index (χ1n) is 9.73. The van der Waals surface area contributed by atoms with Gasteiger partial charge in [0.2, 0.25) is 0 Å². The van der Waals surface area contributed by atoms with E-state index in [1.54, 1.807) is 11.3 Å². The lowest BCUT2D eigenvalue weighted by Gasteiger charge is -2.31. The molecule has 0 amide bonds. The van der Waals surface area contributed by atoms with Gasteiger partial charge in [-0.05, 0) is 56.6 Å². The maximum absolute atomic E-state index is 4.84. The molecule has 8 heteroatoms. The quantitative estimate of drug-likeness (QED) is 0.530. The van der Waals surface area contributed by atoms with Gasteiger partial charge in [0.15, 0.2) is 5.13 Å². The molecule has 0 radical (unpaired) electrons. The number of rotatable bonds is 3. The molecule has 0 saturated carbocycles. The Kier molecular flexibility index (Phi) is 5.46. The van der Waals surface area contributed by atoms with E-state index in [1.807, 2.05) is 17.9 Å². The van der Waals surface area contributed by atoms with E-state index >= 15 is 0 Å². The molecule has 5 rings (SSSR count). The van der Waals surface area contributed by atoms with Gasteiger partial charge in [0, 0.05) is 37.3 Å². The zero-order chi connectivity index (χ0) is 19.3. The van der Waals surface area contributed by atoms with Gasteiger partial charge in [0.1, 0.15) is 5.52 Å². The lowest BCUT2D eigenvalue weighted by molar-refractivity contribution is 0.443. The molecule has 0 spiro atoms. The number of piperidine rings is 1. The van der Waals surface area contributed by atoms with E-state index in [2.05, 4.69) is 53.7 Å². The number of benzene rings is 1. The summed E-state index contributed by atoms with van der Waals surface area (Å²) in [6.45, 7) is 4.28. The van der Waals surface area contributed by atoms with Crippen molar-refractivity contribution in [1.29, 1.82) is 0 Å². The molecule has 1 aliphatic rings. The average molecular weight is 429 g/mol. The average Bonchev–Trinajstić information content (AvgIpc) is 3.30. The molecule has 1 fully saturated rings. The number of hydrogen-bond acceptors (Lipinski definition) is 6. The van der Waals surface area contributed by atoms with Crippen molar-refractivity contribution in [2.45, 2.75) is 25.8 Å². The van der Waals surface area contributed by atoms with Crippen molar-refractivity contribution >= 4 is 50.0 Å². The number of hydrogen-bond donors (Lipinski definition) is 1. The highest BCUT2D eigenvalue weighted by Crippen LogP contribution is 2.33. The van der Waals surface area contributed by atoms with Crippen LogP contribution in [0.5, 0.6) is 0 Å². The van der Waals surface area contributed by atoms with E-state index in [1.165, 1.54) is 23.1 Å². The molecule has 0 atom stereocenters. The van der Waals surface area contributed by atoms with Gasteiger partial charge in [0.05, 0.1) is 22.1 Å². The fourth-order valence-electron chi connectivity index (χ4n) is 4.06. The van der Waals surface area contributed by atoms with Crippen molar-refractivity contribution in [3.63, 3.8) is 0 Å². The minimum atomic E-state index is 0. The molecule has 0 aliphatic carbocycles. The van der Waals surface area contributed by atoms with Crippen LogP contribution in [0.3, 0.4) is 0 Å². The Morgan fingerprint density at radius 2 is 2.00 bits per heavy atom. The van der Waals surface area contributed by atoms with Gasteiger partial charge in [-0.2, -0.15) is 5.10 Å². The van der Waals surface area contributed by atoms with Crippen LogP contribution in [0.1, 0.15) is 18.4 Å². The summed E-state index contributed by atoms with van der Waals surface area (Å²) in [5.74, 6) is 0. The number of pyridine rings is 1. The molecule has 4 heterocycles. The smallest absolute Gasteiger partial charge is 0.186 e. The van der Waals surface area contributed by atoms with Gasteiger partial charge in [-0.3, -0.25) is 9.67 Å². The number of thiazole rings is 1. The molecule has 3 aromatic heterocycles. The number of aryl methyl sites for hydroxylation is 2. The standard InChI is InChI=1S/C21H24N6S.ClH/c1-13-8-14(9-15-12-26(2)25-20(13)15)17-10-19-18(11-23-17)24-21(28-19)27(3)16-4-6-22-7-5-16;/h8-12,16,22H,4-7H2,1-3H3;1H. The van der Waals surface area contributed by atoms with Crippen molar-refractivity contribution in [1.82, 2.24) is 25.1 Å². The van der Waals surface area contributed by atoms with Crippen LogP contribution in [-0.4, -0.2) is 45.9 Å². The van der Waals surface area contributed by atoms with Crippen LogP contribution in [-0.2, 0) is 7.05 Å². The lowest BCUT2D eigenvalue weighted by Crippen LogP contribution is -2.41. The fraction of sp³-hybridized carbons (Fsp3) is 0.381. The predicted molar refractivity (Wildman–Crippen MR) is 123 cm³/mol. The maximum Gasteiger partial charge on any atom is 0.186 e. The van der Waals surface area contributed by atoms with E-state index in [0.717, 1.165) is 45.9 Å². The molecule has 1 aromatic carbocycles. The molecule has 1 aliphatic heterocycles. The SMILES string of the molecule is Cc1cc(-c2cc3sc(N(C)C4CCNCC4)nc3cn2)cc2cn(C)nc12.Cl. The lowest BCUT2D eigenvalue weighted by atomic mass is 10.0. The summed E-state index contributed by atoms with van der Waals surface area (Å²) in [6.07, 6.45) is 6.30. The highest BCUT2D eigenvalue weighted by atomic mass is 35.5. The summed E-state index contributed by atoms with van der Waals surface area (Å²) >= 11 is 1.76. The first-order chi connectivity index (χ1) is 13.6. The first-order valence-corrected chi connectivity index (χ1v) is 10.5. The predicted octanol–water partition coefficient (Wildman–Crippen LogP) is 4.16. The van der Waals surface area contributed by atoms with Gasteiger partial charge < -0.3 is 10.2 Å². The van der Waals surface area contributed by atoms with Crippen LogP contribution in [0.15, 0.2) is 30.6 Å². The highest BCUT2D eigenvalue weighted by molar-refractivity contribution is 7.22. The molecule has 0 unspecified atom stereocenters. The first kappa shape index (κ1) is 20.1. The van der Waals surface area contributed by atoms with Crippen LogP contribution in [0.4, 0.5) is 5.13 Å². The monoisotopic (exact) mass is 428 g/mol. The van der Waals surface area contributed by atoms with Gasteiger partial charge in [0.25, 0.3) is 0 Å². The van der Waals surface area contributed by atoms with Crippen molar-refractivity contribution < 1.29 is 0 Å². The number of halogens is 1. The summed E-state index contributed by atoms with van der Waals surface area (Å²) in [5.41, 5.74) is 5.31. The molecule has 29 heavy (non-hydrogen) atoms. The van der Waals surface area contributed by atoms with E-state index < -0.39 is 0 Å². The Hall–Kier alpha value is -2.22. The molecule has 0 bridgehead atoms. The summed E-state index contributed by atoms with van der Waals surface area (Å²) in [7, 11) is 4.13. The number of aromatic nitrogens is 4. The normalized spacial score (nSPS) is 15.0. The van der Waals surface area contributed by atoms with Crippen LogP contribution >= 0.6 is 23.7 Å². The Bertz CT molecular complexity index is 1160. The molecule has 6 nitrogen and oxygen atoms in total. The van der Waals surface area contributed by atoms with Crippen molar-refractivity contribution in [2.75, 3.05) is 25.0 Å². The third-order valence-electron chi connectivity index (χ3n) is 5.63. The van der Waals surface area contributed by atoms with Gasteiger partial charge in [-0.1, -0.05) is 11.3 Å². The van der Waals surface area contributed by atoms with E-state index in [-0.39, 0.29) is 12.4 Å². The second-order valence-corrected chi connectivity index (χ2v) is 8.67. The Morgan fingerprint density at radius 1 is 1.21 bits per heavy atom. The number of nitrogens with zero attached hydrogens (tertiary/aromatic N) is 5. The van der Waals surface area contributed by atoms with Crippen LogP contribution in [0.25, 0.3) is 32.4 Å². The van der Waals surface area contributed by atoms with Crippen LogP contribution in [0.2, 0.25) is 0 Å². The zero-order valence-corrected chi connectivity index (χ0v) is 18.5. The number of anilines is 1. The third kappa shape index (κ3) is 3.70. The second kappa shape index (κ2) is 7.89. The Balaban J connectivity index is 0.00000205. The summed E-state index contributed by atoms with van der Waals surface area (Å²) < 4.78 is 3.05. The van der Waals surface area contributed by atoms with E-state index in [0.29, 0.717) is 6.04 Å². The van der Waals surface area contributed by atoms with Crippen LogP contribution in [0, 0.1) is 6.92 Å². The van der Waals surface area contributed by atoms with Gasteiger partial charge in [-0.15, -0.1) is 12.4 Å².